The SMILES string of the molecule is CC1=CC(=O)C(=C(C)C)C[C@@H]2[C@](C)(O)CC[C@]12O. The lowest BCUT2D eigenvalue weighted by Crippen LogP contribution is -2.42. The molecular formula is C15H22O3. The minimum Gasteiger partial charge on any atom is -0.390 e. The van der Waals surface area contributed by atoms with Crippen LogP contribution < -0.4 is 0 Å². The number of carbonyl (C=O) groups excluding carboxylic acids is 1. The maximum absolute atomic E-state index is 12.1. The quantitative estimate of drug-likeness (QED) is 0.648. The third kappa shape index (κ3) is 1.86. The van der Waals surface area contributed by atoms with Crippen LogP contribution in [0.2, 0.25) is 0 Å². The first-order valence-electron chi connectivity index (χ1n) is 6.52. The summed E-state index contributed by atoms with van der Waals surface area (Å²) < 4.78 is 0. The highest BCUT2D eigenvalue weighted by atomic mass is 16.3. The van der Waals surface area contributed by atoms with Gasteiger partial charge in [-0.05, 0) is 64.2 Å². The first kappa shape index (κ1) is 13.5. The summed E-state index contributed by atoms with van der Waals surface area (Å²) in [6.07, 6.45) is 3.10. The van der Waals surface area contributed by atoms with Gasteiger partial charge in [-0.1, -0.05) is 5.57 Å². The molecule has 0 unspecified atom stereocenters. The van der Waals surface area contributed by atoms with E-state index in [-0.39, 0.29) is 11.7 Å². The van der Waals surface area contributed by atoms with Crippen molar-refractivity contribution in [2.24, 2.45) is 5.92 Å². The van der Waals surface area contributed by atoms with Crippen LogP contribution in [0.25, 0.3) is 0 Å². The summed E-state index contributed by atoms with van der Waals surface area (Å²) >= 11 is 0. The van der Waals surface area contributed by atoms with Gasteiger partial charge in [-0.3, -0.25) is 4.79 Å². The summed E-state index contributed by atoms with van der Waals surface area (Å²) in [5.74, 6) is -0.316. The molecule has 0 heterocycles. The van der Waals surface area contributed by atoms with Gasteiger partial charge in [-0.2, -0.15) is 0 Å². The Balaban J connectivity index is 2.56. The zero-order valence-electron chi connectivity index (χ0n) is 11.6. The molecule has 0 aromatic heterocycles. The smallest absolute Gasteiger partial charge is 0.181 e. The highest BCUT2D eigenvalue weighted by Gasteiger charge is 2.55. The van der Waals surface area contributed by atoms with Crippen molar-refractivity contribution < 1.29 is 15.0 Å². The average Bonchev–Trinajstić information content (AvgIpc) is 2.41. The van der Waals surface area contributed by atoms with E-state index >= 15 is 0 Å². The van der Waals surface area contributed by atoms with Gasteiger partial charge in [0.25, 0.3) is 0 Å². The number of aliphatic hydroxyl groups is 2. The number of ketones is 1. The third-order valence-corrected chi connectivity index (χ3v) is 4.68. The van der Waals surface area contributed by atoms with Crippen LogP contribution in [0.4, 0.5) is 0 Å². The Bertz CT molecular complexity index is 452. The van der Waals surface area contributed by atoms with Crippen molar-refractivity contribution in [3.63, 3.8) is 0 Å². The highest BCUT2D eigenvalue weighted by Crippen LogP contribution is 2.51. The monoisotopic (exact) mass is 250 g/mol. The van der Waals surface area contributed by atoms with Crippen molar-refractivity contribution in [2.75, 3.05) is 0 Å². The van der Waals surface area contributed by atoms with Crippen LogP contribution in [0.3, 0.4) is 0 Å². The number of fused-ring (bicyclic) bond motifs is 1. The van der Waals surface area contributed by atoms with E-state index in [1.54, 1.807) is 19.9 Å². The number of rotatable bonds is 0. The minimum atomic E-state index is -1.03. The van der Waals surface area contributed by atoms with Crippen LogP contribution in [0, 0.1) is 5.92 Å². The van der Waals surface area contributed by atoms with E-state index < -0.39 is 11.2 Å². The van der Waals surface area contributed by atoms with Crippen LogP contribution in [0.5, 0.6) is 0 Å². The molecule has 2 rings (SSSR count). The molecule has 3 heteroatoms. The molecule has 0 amide bonds. The first-order chi connectivity index (χ1) is 8.18. The summed E-state index contributed by atoms with van der Waals surface area (Å²) in [4.78, 5) is 12.1. The zero-order chi connectivity index (χ0) is 13.7. The third-order valence-electron chi connectivity index (χ3n) is 4.68. The van der Waals surface area contributed by atoms with Gasteiger partial charge in [0.05, 0.1) is 11.2 Å². The molecule has 0 radical (unpaired) electrons. The van der Waals surface area contributed by atoms with Gasteiger partial charge in [-0.15, -0.1) is 0 Å². The molecule has 2 aliphatic carbocycles. The van der Waals surface area contributed by atoms with Crippen molar-refractivity contribution in [3.8, 4) is 0 Å². The lowest BCUT2D eigenvalue weighted by molar-refractivity contribution is -0.111. The zero-order valence-corrected chi connectivity index (χ0v) is 11.6. The molecule has 18 heavy (non-hydrogen) atoms. The minimum absolute atomic E-state index is 0.0221. The van der Waals surface area contributed by atoms with E-state index in [4.69, 9.17) is 0 Å². The number of hydrogen-bond acceptors (Lipinski definition) is 3. The fraction of sp³-hybridized carbons (Fsp3) is 0.667. The van der Waals surface area contributed by atoms with E-state index in [9.17, 15) is 15.0 Å². The van der Waals surface area contributed by atoms with Crippen molar-refractivity contribution >= 4 is 5.78 Å². The standard InChI is InChI=1S/C15H22O3/c1-9(2)11-8-13-14(4,17)5-6-15(13,18)10(3)7-12(11)16/h7,13,17-18H,5-6,8H2,1-4H3/t13-,14-,15+/m1/s1. The molecule has 100 valence electrons. The van der Waals surface area contributed by atoms with Crippen LogP contribution in [0.15, 0.2) is 22.8 Å². The molecule has 0 bridgehead atoms. The van der Waals surface area contributed by atoms with Gasteiger partial charge in [0.15, 0.2) is 5.78 Å². The van der Waals surface area contributed by atoms with Gasteiger partial charge in [-0.25, -0.2) is 0 Å². The van der Waals surface area contributed by atoms with E-state index in [2.05, 4.69) is 0 Å². The highest BCUT2D eigenvalue weighted by molar-refractivity contribution is 6.05. The van der Waals surface area contributed by atoms with Crippen molar-refractivity contribution in [1.82, 2.24) is 0 Å². The van der Waals surface area contributed by atoms with Crippen molar-refractivity contribution in [1.29, 1.82) is 0 Å². The molecule has 3 nitrogen and oxygen atoms in total. The largest absolute Gasteiger partial charge is 0.390 e. The molecule has 1 fully saturated rings. The molecule has 0 saturated heterocycles. The number of carbonyl (C=O) groups is 1. The topological polar surface area (TPSA) is 57.5 Å². The maximum atomic E-state index is 12.1. The van der Waals surface area contributed by atoms with Gasteiger partial charge in [0.1, 0.15) is 0 Å². The molecule has 0 aromatic carbocycles. The lowest BCUT2D eigenvalue weighted by Gasteiger charge is -2.35. The Kier molecular flexibility index (Phi) is 3.03. The van der Waals surface area contributed by atoms with Crippen molar-refractivity contribution in [2.45, 2.75) is 58.2 Å². The Morgan fingerprint density at radius 2 is 1.94 bits per heavy atom. The summed E-state index contributed by atoms with van der Waals surface area (Å²) in [5, 5.41) is 21.3. The Hall–Kier alpha value is -0.930. The predicted molar refractivity (Wildman–Crippen MR) is 70.1 cm³/mol. The van der Waals surface area contributed by atoms with E-state index in [0.29, 0.717) is 24.8 Å². The molecule has 2 aliphatic rings. The molecule has 0 aliphatic heterocycles. The lowest BCUT2D eigenvalue weighted by atomic mass is 9.77. The summed E-state index contributed by atoms with van der Waals surface area (Å²) in [6.45, 7) is 7.37. The maximum Gasteiger partial charge on any atom is 0.181 e. The molecule has 0 aromatic rings. The Labute approximate surface area is 108 Å². The Morgan fingerprint density at radius 3 is 2.50 bits per heavy atom. The van der Waals surface area contributed by atoms with Gasteiger partial charge in [0.2, 0.25) is 0 Å². The molecule has 2 N–H and O–H groups in total. The van der Waals surface area contributed by atoms with Crippen molar-refractivity contribution in [3.05, 3.63) is 22.8 Å². The fourth-order valence-corrected chi connectivity index (χ4v) is 3.33. The predicted octanol–water partition coefficient (Wildman–Crippen LogP) is 2.13. The van der Waals surface area contributed by atoms with Crippen LogP contribution in [-0.4, -0.2) is 27.2 Å². The second-order valence-electron chi connectivity index (χ2n) is 6.21. The van der Waals surface area contributed by atoms with E-state index in [1.165, 1.54) is 0 Å². The first-order valence-corrected chi connectivity index (χ1v) is 6.52. The number of hydrogen-bond donors (Lipinski definition) is 2. The summed E-state index contributed by atoms with van der Waals surface area (Å²) in [5.41, 5.74) is 0.450. The average molecular weight is 250 g/mol. The van der Waals surface area contributed by atoms with Crippen LogP contribution in [0.1, 0.15) is 47.0 Å². The van der Waals surface area contributed by atoms with Gasteiger partial charge < -0.3 is 10.2 Å². The second kappa shape index (κ2) is 4.04. The second-order valence-corrected chi connectivity index (χ2v) is 6.21. The normalized spacial score (nSPS) is 40.3. The molecule has 3 atom stereocenters. The molecule has 0 spiro atoms. The van der Waals surface area contributed by atoms with Gasteiger partial charge in [0, 0.05) is 5.92 Å². The summed E-state index contributed by atoms with van der Waals surface area (Å²) in [6, 6.07) is 0. The Morgan fingerprint density at radius 1 is 1.33 bits per heavy atom. The number of allylic oxidation sites excluding steroid dienone is 3. The summed E-state index contributed by atoms with van der Waals surface area (Å²) in [7, 11) is 0. The molecule has 1 saturated carbocycles. The van der Waals surface area contributed by atoms with Gasteiger partial charge >= 0.3 is 0 Å². The van der Waals surface area contributed by atoms with E-state index in [0.717, 1.165) is 11.1 Å². The fourth-order valence-electron chi connectivity index (χ4n) is 3.33. The van der Waals surface area contributed by atoms with Crippen LogP contribution in [-0.2, 0) is 4.79 Å². The molecular weight excluding hydrogens is 228 g/mol. The van der Waals surface area contributed by atoms with E-state index in [1.807, 2.05) is 13.8 Å². The van der Waals surface area contributed by atoms with Crippen LogP contribution >= 0.6 is 0 Å².